The molecule has 0 spiro atoms. The molecule has 0 bridgehead atoms. The van der Waals surface area contributed by atoms with Crippen molar-refractivity contribution in [2.75, 3.05) is 14.2 Å². The smallest absolute Gasteiger partial charge is 0.323 e. The fourth-order valence-corrected chi connectivity index (χ4v) is 3.17. The van der Waals surface area contributed by atoms with Crippen LogP contribution < -0.4 is 0 Å². The van der Waals surface area contributed by atoms with Crippen LogP contribution in [0.1, 0.15) is 23.7 Å². The Morgan fingerprint density at radius 1 is 1.17 bits per heavy atom. The molecule has 0 aliphatic carbocycles. The summed E-state index contributed by atoms with van der Waals surface area (Å²) < 4.78 is 11.6. The van der Waals surface area contributed by atoms with Crippen LogP contribution in [0.2, 0.25) is 0 Å². The zero-order valence-electron chi connectivity index (χ0n) is 12.9. The molecule has 0 amide bonds. The number of benzene rings is 1. The molecule has 7 nitrogen and oxygen atoms in total. The lowest BCUT2D eigenvalue weighted by Gasteiger charge is -2.36. The summed E-state index contributed by atoms with van der Waals surface area (Å²) in [5, 5.41) is 8.04. The monoisotopic (exact) mass is 315 g/mol. The molecule has 0 fully saturated rings. The molecule has 1 atom stereocenters. The SMILES string of the molecule is COC(=O)C1(C(=O)OC)Cc2cnnn2C(c2ccccc2)C1. The maximum atomic E-state index is 12.4. The van der Waals surface area contributed by atoms with Crippen LogP contribution in [0.25, 0.3) is 0 Å². The van der Waals surface area contributed by atoms with Crippen LogP contribution in [0.3, 0.4) is 0 Å². The van der Waals surface area contributed by atoms with E-state index in [0.29, 0.717) is 5.69 Å². The Bertz CT molecular complexity index is 710. The van der Waals surface area contributed by atoms with Crippen LogP contribution in [0.5, 0.6) is 0 Å². The number of hydrogen-bond acceptors (Lipinski definition) is 6. The number of rotatable bonds is 3. The molecular formula is C16H17N3O4. The van der Waals surface area contributed by atoms with Crippen molar-refractivity contribution in [1.82, 2.24) is 15.0 Å². The summed E-state index contributed by atoms with van der Waals surface area (Å²) in [5.41, 5.74) is 0.249. The Balaban J connectivity index is 2.12. The molecule has 1 aromatic carbocycles. The van der Waals surface area contributed by atoms with Crippen molar-refractivity contribution >= 4 is 11.9 Å². The molecule has 1 aliphatic rings. The summed E-state index contributed by atoms with van der Waals surface area (Å²) in [7, 11) is 2.55. The highest BCUT2D eigenvalue weighted by Gasteiger charge is 2.54. The molecule has 7 heteroatoms. The van der Waals surface area contributed by atoms with Crippen molar-refractivity contribution < 1.29 is 19.1 Å². The molecular weight excluding hydrogens is 298 g/mol. The number of nitrogens with zero attached hydrogens (tertiary/aromatic N) is 3. The Kier molecular flexibility index (Phi) is 3.85. The van der Waals surface area contributed by atoms with Gasteiger partial charge in [-0.2, -0.15) is 0 Å². The lowest BCUT2D eigenvalue weighted by Crippen LogP contribution is -2.48. The summed E-state index contributed by atoms with van der Waals surface area (Å²) in [6, 6.07) is 9.28. The number of aromatic nitrogens is 3. The van der Waals surface area contributed by atoms with E-state index in [0.717, 1.165) is 5.56 Å². The minimum absolute atomic E-state index is 0.155. The number of fused-ring (bicyclic) bond motifs is 1. The van der Waals surface area contributed by atoms with Gasteiger partial charge in [0.1, 0.15) is 0 Å². The molecule has 0 N–H and O–H groups in total. The number of carbonyl (C=O) groups excluding carboxylic acids is 2. The fourth-order valence-electron chi connectivity index (χ4n) is 3.17. The second-order valence-corrected chi connectivity index (χ2v) is 5.54. The lowest BCUT2D eigenvalue weighted by atomic mass is 9.74. The Hall–Kier alpha value is -2.70. The van der Waals surface area contributed by atoms with E-state index in [-0.39, 0.29) is 18.9 Å². The Morgan fingerprint density at radius 2 is 1.83 bits per heavy atom. The first-order valence-corrected chi connectivity index (χ1v) is 7.23. The van der Waals surface area contributed by atoms with Gasteiger partial charge >= 0.3 is 11.9 Å². The summed E-state index contributed by atoms with van der Waals surface area (Å²) in [4.78, 5) is 24.8. The maximum absolute atomic E-state index is 12.4. The standard InChI is InChI=1S/C16H17N3O4/c1-22-14(20)16(15(21)23-2)8-12-10-17-18-19(12)13(9-16)11-6-4-3-5-7-11/h3-7,10,13H,8-9H2,1-2H3. The molecule has 23 heavy (non-hydrogen) atoms. The minimum atomic E-state index is -1.39. The van der Waals surface area contributed by atoms with E-state index in [1.165, 1.54) is 14.2 Å². The number of carbonyl (C=O) groups is 2. The number of esters is 2. The van der Waals surface area contributed by atoms with Gasteiger partial charge in [-0.15, -0.1) is 5.10 Å². The van der Waals surface area contributed by atoms with E-state index in [4.69, 9.17) is 9.47 Å². The number of methoxy groups -OCH3 is 2. The minimum Gasteiger partial charge on any atom is -0.468 e. The van der Waals surface area contributed by atoms with E-state index in [9.17, 15) is 9.59 Å². The first-order valence-electron chi connectivity index (χ1n) is 7.23. The molecule has 0 saturated carbocycles. The molecule has 1 aliphatic heterocycles. The third-order valence-corrected chi connectivity index (χ3v) is 4.31. The molecule has 1 aromatic heterocycles. The molecule has 3 rings (SSSR count). The van der Waals surface area contributed by atoms with Gasteiger partial charge in [-0.05, 0) is 5.56 Å². The summed E-state index contributed by atoms with van der Waals surface area (Å²) in [6.45, 7) is 0. The van der Waals surface area contributed by atoms with E-state index in [2.05, 4.69) is 10.3 Å². The van der Waals surface area contributed by atoms with Crippen molar-refractivity contribution in [2.45, 2.75) is 18.9 Å². The van der Waals surface area contributed by atoms with E-state index < -0.39 is 17.4 Å². The second-order valence-electron chi connectivity index (χ2n) is 5.54. The van der Waals surface area contributed by atoms with Crippen LogP contribution in [0, 0.1) is 5.41 Å². The highest BCUT2D eigenvalue weighted by molar-refractivity contribution is 6.00. The first kappa shape index (κ1) is 15.2. The van der Waals surface area contributed by atoms with Crippen LogP contribution in [0.4, 0.5) is 0 Å². The van der Waals surface area contributed by atoms with Gasteiger partial charge in [0, 0.05) is 12.8 Å². The summed E-state index contributed by atoms with van der Waals surface area (Å²) >= 11 is 0. The predicted molar refractivity (Wildman–Crippen MR) is 79.4 cm³/mol. The number of ether oxygens (including phenoxy) is 2. The topological polar surface area (TPSA) is 83.3 Å². The number of hydrogen-bond donors (Lipinski definition) is 0. The molecule has 2 heterocycles. The van der Waals surface area contributed by atoms with Gasteiger partial charge < -0.3 is 9.47 Å². The lowest BCUT2D eigenvalue weighted by molar-refractivity contribution is -0.171. The van der Waals surface area contributed by atoms with E-state index in [1.54, 1.807) is 10.9 Å². The van der Waals surface area contributed by atoms with E-state index >= 15 is 0 Å². The van der Waals surface area contributed by atoms with Gasteiger partial charge in [0.05, 0.1) is 32.2 Å². The zero-order chi connectivity index (χ0) is 16.4. The van der Waals surface area contributed by atoms with E-state index in [1.807, 2.05) is 30.3 Å². The van der Waals surface area contributed by atoms with Gasteiger partial charge in [0.2, 0.25) is 0 Å². The van der Waals surface area contributed by atoms with Crippen molar-refractivity contribution in [3.05, 3.63) is 47.8 Å². The third kappa shape index (κ3) is 2.38. The van der Waals surface area contributed by atoms with Crippen molar-refractivity contribution in [1.29, 1.82) is 0 Å². The van der Waals surface area contributed by atoms with Gasteiger partial charge in [0.15, 0.2) is 5.41 Å². The zero-order valence-corrected chi connectivity index (χ0v) is 12.9. The van der Waals surface area contributed by atoms with Crippen LogP contribution in [-0.2, 0) is 25.5 Å². The average molecular weight is 315 g/mol. The highest BCUT2D eigenvalue weighted by atomic mass is 16.5. The average Bonchev–Trinajstić information content (AvgIpc) is 3.08. The highest BCUT2D eigenvalue weighted by Crippen LogP contribution is 2.42. The van der Waals surface area contributed by atoms with Gasteiger partial charge in [-0.25, -0.2) is 4.68 Å². The molecule has 2 aromatic rings. The predicted octanol–water partition coefficient (Wildman–Crippen LogP) is 1.15. The summed E-state index contributed by atoms with van der Waals surface area (Å²) in [6.07, 6.45) is 1.94. The normalized spacial score (nSPS) is 18.8. The van der Waals surface area contributed by atoms with Crippen LogP contribution >= 0.6 is 0 Å². The van der Waals surface area contributed by atoms with Crippen LogP contribution in [0.15, 0.2) is 36.5 Å². The quantitative estimate of drug-likeness (QED) is 0.624. The van der Waals surface area contributed by atoms with Crippen molar-refractivity contribution in [3.8, 4) is 0 Å². The first-order chi connectivity index (χ1) is 11.1. The molecule has 1 unspecified atom stereocenters. The molecule has 120 valence electrons. The molecule has 0 radical (unpaired) electrons. The second kappa shape index (κ2) is 5.83. The maximum Gasteiger partial charge on any atom is 0.323 e. The Morgan fingerprint density at radius 3 is 2.43 bits per heavy atom. The van der Waals surface area contributed by atoms with Crippen molar-refractivity contribution in [3.63, 3.8) is 0 Å². The van der Waals surface area contributed by atoms with Gasteiger partial charge in [0.25, 0.3) is 0 Å². The summed E-state index contributed by atoms with van der Waals surface area (Å²) in [5.74, 6) is -1.20. The van der Waals surface area contributed by atoms with Gasteiger partial charge in [-0.1, -0.05) is 35.5 Å². The fraction of sp³-hybridized carbons (Fsp3) is 0.375. The Labute approximate surface area is 133 Å². The largest absolute Gasteiger partial charge is 0.468 e. The van der Waals surface area contributed by atoms with Crippen LogP contribution in [-0.4, -0.2) is 41.2 Å². The van der Waals surface area contributed by atoms with Crippen molar-refractivity contribution in [2.24, 2.45) is 5.41 Å². The molecule has 0 saturated heterocycles. The van der Waals surface area contributed by atoms with Gasteiger partial charge in [-0.3, -0.25) is 9.59 Å². The third-order valence-electron chi connectivity index (χ3n) is 4.31.